The largest absolute Gasteiger partial charge is 1.00 e. The average molecular weight is 491 g/mol. The number of hydrogen-bond donors (Lipinski definition) is 0. The van der Waals surface area contributed by atoms with Gasteiger partial charge in [0, 0.05) is 0 Å². The van der Waals surface area contributed by atoms with Gasteiger partial charge < -0.3 is 24.8 Å². The predicted molar refractivity (Wildman–Crippen MR) is 110 cm³/mol. The van der Waals surface area contributed by atoms with Gasteiger partial charge in [-0.2, -0.15) is 0 Å². The Morgan fingerprint density at radius 3 is 1.39 bits per heavy atom. The average Bonchev–Trinajstić information content (AvgIpc) is 3.21. The molecular weight excluding hydrogens is 462 g/mol. The predicted octanol–water partition coefficient (Wildman–Crippen LogP) is 1.16. The standard InChI is InChI=1S/2C11H11.C3H6.2ClH.Zr/c2*1-8-6-7-9(2)11-5-3-4-10(8)11;1-3-2;;;/h2*3-7H,1-2H3;1-3H2;2*1H;/q;;;;;+2/p-2. The van der Waals surface area contributed by atoms with Crippen LogP contribution in [0.15, 0.2) is 36.4 Å². The topological polar surface area (TPSA) is 0 Å². The Morgan fingerprint density at radius 2 is 1.04 bits per heavy atom. The van der Waals surface area contributed by atoms with Crippen molar-refractivity contribution in [2.45, 2.75) is 49.6 Å². The van der Waals surface area contributed by atoms with Crippen LogP contribution in [0, 0.1) is 27.7 Å². The number of hydrogen-bond acceptors (Lipinski definition) is 0. The third-order valence-electron chi connectivity index (χ3n) is 7.50. The molecule has 1 saturated heterocycles. The molecule has 0 bridgehead atoms. The summed E-state index contributed by atoms with van der Waals surface area (Å²) in [5, 5.41) is 0. The molecule has 1 heterocycles. The first-order chi connectivity index (χ1) is 12.5. The van der Waals surface area contributed by atoms with Crippen molar-refractivity contribution in [1.29, 1.82) is 0 Å². The summed E-state index contributed by atoms with van der Waals surface area (Å²) in [5.41, 5.74) is 12.4. The second kappa shape index (κ2) is 7.90. The molecule has 0 radical (unpaired) electrons. The molecule has 2 atom stereocenters. The summed E-state index contributed by atoms with van der Waals surface area (Å²) < 4.78 is 4.65. The molecule has 2 aromatic rings. The minimum absolute atomic E-state index is 0. The molecule has 1 fully saturated rings. The van der Waals surface area contributed by atoms with Gasteiger partial charge in [0.15, 0.2) is 0 Å². The molecule has 146 valence electrons. The summed E-state index contributed by atoms with van der Waals surface area (Å²) in [7, 11) is 0. The Bertz CT molecular complexity index is 907. The van der Waals surface area contributed by atoms with Crippen molar-refractivity contribution in [2.24, 2.45) is 0 Å². The number of aryl methyl sites for hydroxylation is 4. The van der Waals surface area contributed by atoms with Crippen molar-refractivity contribution in [2.75, 3.05) is 0 Å². The molecule has 28 heavy (non-hydrogen) atoms. The van der Waals surface area contributed by atoms with E-state index in [1.165, 1.54) is 28.7 Å². The van der Waals surface area contributed by atoms with Gasteiger partial charge >= 0.3 is 163 Å². The van der Waals surface area contributed by atoms with Gasteiger partial charge in [0.1, 0.15) is 0 Å². The van der Waals surface area contributed by atoms with Gasteiger partial charge in [0.2, 0.25) is 0 Å². The van der Waals surface area contributed by atoms with Gasteiger partial charge in [0.05, 0.1) is 0 Å². The van der Waals surface area contributed by atoms with Gasteiger partial charge in [-0.3, -0.25) is 0 Å². The number of allylic oxidation sites excluding steroid dienone is 2. The van der Waals surface area contributed by atoms with Crippen molar-refractivity contribution in [3.63, 3.8) is 0 Å². The van der Waals surface area contributed by atoms with Crippen LogP contribution < -0.4 is 24.8 Å². The van der Waals surface area contributed by atoms with Gasteiger partial charge in [-0.25, -0.2) is 0 Å². The van der Waals surface area contributed by atoms with E-state index in [1.807, 2.05) is 0 Å². The van der Waals surface area contributed by atoms with E-state index < -0.39 is 20.3 Å². The van der Waals surface area contributed by atoms with Crippen LogP contribution in [0.4, 0.5) is 0 Å². The Morgan fingerprint density at radius 1 is 0.643 bits per heavy atom. The smallest absolute Gasteiger partial charge is 1.00 e. The summed E-state index contributed by atoms with van der Waals surface area (Å²) in [6.07, 6.45) is 11.6. The van der Waals surface area contributed by atoms with E-state index in [-0.39, 0.29) is 24.8 Å². The molecule has 0 amide bonds. The van der Waals surface area contributed by atoms with Crippen LogP contribution in [0.5, 0.6) is 0 Å². The molecule has 0 nitrogen and oxygen atoms in total. The number of rotatable bonds is 2. The second-order valence-corrected chi connectivity index (χ2v) is 20.4. The Balaban J connectivity index is 0.00000112. The summed E-state index contributed by atoms with van der Waals surface area (Å²) in [6.45, 7) is 9.24. The number of benzene rings is 2. The van der Waals surface area contributed by atoms with Crippen molar-refractivity contribution in [3.05, 3.63) is 80.9 Å². The molecule has 5 rings (SSSR count). The molecule has 0 N–H and O–H groups in total. The van der Waals surface area contributed by atoms with Crippen LogP contribution in [0.25, 0.3) is 12.2 Å². The molecule has 1 aliphatic heterocycles. The molecule has 0 aromatic heterocycles. The molecular formula is C25H28Cl2Zr. The fraction of sp³-hybridized carbons (Fsp3) is 0.360. The molecule has 2 aliphatic carbocycles. The van der Waals surface area contributed by atoms with Crippen molar-refractivity contribution >= 4 is 12.2 Å². The van der Waals surface area contributed by atoms with E-state index in [4.69, 9.17) is 0 Å². The zero-order valence-corrected chi connectivity index (χ0v) is 21.1. The van der Waals surface area contributed by atoms with Crippen LogP contribution in [0.3, 0.4) is 0 Å². The van der Waals surface area contributed by atoms with Crippen molar-refractivity contribution < 1.29 is 45.1 Å². The maximum atomic E-state index is 2.62. The summed E-state index contributed by atoms with van der Waals surface area (Å²) in [4.78, 5) is 0. The first-order valence-corrected chi connectivity index (χ1v) is 16.4. The van der Waals surface area contributed by atoms with Crippen LogP contribution >= 0.6 is 0 Å². The molecule has 3 aliphatic rings. The summed E-state index contributed by atoms with van der Waals surface area (Å²) in [5.74, 6) is 0. The summed E-state index contributed by atoms with van der Waals surface area (Å²) in [6, 6.07) is 9.34. The number of halogens is 2. The van der Waals surface area contributed by atoms with E-state index in [0.717, 1.165) is 7.25 Å². The monoisotopic (exact) mass is 488 g/mol. The third-order valence-corrected chi connectivity index (χ3v) is 22.3. The number of fused-ring (bicyclic) bond motifs is 2. The molecule has 2 aromatic carbocycles. The minimum Gasteiger partial charge on any atom is -1.00 e. The van der Waals surface area contributed by atoms with E-state index in [2.05, 4.69) is 76.3 Å². The van der Waals surface area contributed by atoms with Crippen LogP contribution in [0.2, 0.25) is 8.26 Å². The van der Waals surface area contributed by atoms with Crippen LogP contribution in [-0.2, 0) is 20.3 Å². The van der Waals surface area contributed by atoms with Gasteiger partial charge in [-0.15, -0.1) is 0 Å². The maximum absolute atomic E-state index is 2.62. The second-order valence-electron chi connectivity index (χ2n) is 8.81. The third kappa shape index (κ3) is 2.96. The van der Waals surface area contributed by atoms with Crippen molar-refractivity contribution in [3.8, 4) is 0 Å². The van der Waals surface area contributed by atoms with Crippen LogP contribution in [-0.4, -0.2) is 0 Å². The maximum Gasteiger partial charge on any atom is -1.00 e. The zero-order valence-electron chi connectivity index (χ0n) is 17.2. The summed E-state index contributed by atoms with van der Waals surface area (Å²) >= 11 is -2.39. The van der Waals surface area contributed by atoms with Gasteiger partial charge in [0.25, 0.3) is 0 Å². The van der Waals surface area contributed by atoms with E-state index in [1.54, 1.807) is 30.5 Å². The Kier molecular flexibility index (Phi) is 6.23. The van der Waals surface area contributed by atoms with E-state index >= 15 is 0 Å². The Labute approximate surface area is 186 Å². The molecule has 2 unspecified atom stereocenters. The van der Waals surface area contributed by atoms with E-state index in [0.29, 0.717) is 0 Å². The quantitative estimate of drug-likeness (QED) is 0.593. The van der Waals surface area contributed by atoms with E-state index in [9.17, 15) is 0 Å². The first-order valence-electron chi connectivity index (χ1n) is 10.1. The van der Waals surface area contributed by atoms with Crippen LogP contribution in [0.1, 0.15) is 58.2 Å². The van der Waals surface area contributed by atoms with Gasteiger partial charge in [-0.05, 0) is 0 Å². The molecule has 0 saturated carbocycles. The zero-order chi connectivity index (χ0) is 18.1. The van der Waals surface area contributed by atoms with Crippen molar-refractivity contribution in [1.82, 2.24) is 0 Å². The minimum atomic E-state index is -2.39. The SMILES string of the molecule is Cc1ccc(C)c2c1C=C[CH]2[Zr+2]1([CH]2C=Cc3c(C)ccc(C)c32)[CH2]C[CH2]1.[Cl-].[Cl-]. The Hall–Kier alpha value is -0.617. The molecule has 3 heteroatoms. The fourth-order valence-electron chi connectivity index (χ4n) is 5.91. The normalized spacial score (nSPS) is 21.6. The molecule has 0 spiro atoms. The van der Waals surface area contributed by atoms with Gasteiger partial charge in [-0.1, -0.05) is 0 Å². The fourth-order valence-corrected chi connectivity index (χ4v) is 19.9. The first kappa shape index (κ1) is 22.1.